The Morgan fingerprint density at radius 3 is 2.62 bits per heavy atom. The number of halogens is 1. The molecule has 2 atom stereocenters. The lowest BCUT2D eigenvalue weighted by Gasteiger charge is -2.27. The number of aryl methyl sites for hydroxylation is 1. The van der Waals surface area contributed by atoms with Crippen LogP contribution < -0.4 is 5.32 Å². The number of nitrogens with zero attached hydrogens (tertiary/aromatic N) is 3. The van der Waals surface area contributed by atoms with Crippen LogP contribution >= 0.6 is 23.8 Å². The summed E-state index contributed by atoms with van der Waals surface area (Å²) in [7, 11) is 0. The Kier molecular flexibility index (Phi) is 6.48. The second kappa shape index (κ2) is 9.30. The third-order valence-corrected chi connectivity index (χ3v) is 6.28. The molecule has 166 valence electrons. The summed E-state index contributed by atoms with van der Waals surface area (Å²) in [5.74, 6) is -0.310. The SMILES string of the molecule is CCOC(=O)CN1C(=S)N[C@H](c2ccccn2)[C@H]1c1cc(C)n(-c2ccc(Cl)cc2)c1C. The largest absolute Gasteiger partial charge is 0.465 e. The van der Waals surface area contributed by atoms with Crippen molar-refractivity contribution in [2.45, 2.75) is 32.9 Å². The average molecular weight is 469 g/mol. The van der Waals surface area contributed by atoms with E-state index in [1.807, 2.05) is 47.4 Å². The van der Waals surface area contributed by atoms with Gasteiger partial charge in [0.05, 0.1) is 24.4 Å². The number of carbonyl (C=O) groups is 1. The summed E-state index contributed by atoms with van der Waals surface area (Å²) in [6.07, 6.45) is 1.77. The summed E-state index contributed by atoms with van der Waals surface area (Å²) in [6, 6.07) is 15.3. The van der Waals surface area contributed by atoms with Crippen LogP contribution in [0.3, 0.4) is 0 Å². The predicted molar refractivity (Wildman–Crippen MR) is 129 cm³/mol. The van der Waals surface area contributed by atoms with Crippen LogP contribution in [0.25, 0.3) is 5.69 Å². The predicted octanol–water partition coefficient (Wildman–Crippen LogP) is 4.68. The van der Waals surface area contributed by atoms with Crippen molar-refractivity contribution in [2.24, 2.45) is 0 Å². The van der Waals surface area contributed by atoms with Gasteiger partial charge < -0.3 is 19.5 Å². The number of ether oxygens (including phenoxy) is 1. The number of rotatable bonds is 6. The van der Waals surface area contributed by atoms with Gasteiger partial charge in [0.1, 0.15) is 6.54 Å². The van der Waals surface area contributed by atoms with Crippen LogP contribution in [-0.2, 0) is 9.53 Å². The first-order valence-electron chi connectivity index (χ1n) is 10.5. The minimum absolute atomic E-state index is 0.0677. The minimum Gasteiger partial charge on any atom is -0.465 e. The molecule has 1 fully saturated rings. The standard InChI is InChI=1S/C24H25ClN4O2S/c1-4-31-21(30)14-28-23(22(27-24(28)32)20-7-5-6-12-26-20)19-13-15(2)29(16(19)3)18-10-8-17(25)9-11-18/h5-13,22-23H,4,14H2,1-3H3,(H,27,32)/t22-,23-/m1/s1. The van der Waals surface area contributed by atoms with E-state index in [0.717, 1.165) is 28.3 Å². The zero-order valence-electron chi connectivity index (χ0n) is 18.2. The maximum absolute atomic E-state index is 12.4. The topological polar surface area (TPSA) is 59.4 Å². The average Bonchev–Trinajstić information content (AvgIpc) is 3.25. The number of pyridine rings is 1. The third-order valence-electron chi connectivity index (χ3n) is 5.68. The molecule has 4 rings (SSSR count). The number of nitrogens with one attached hydrogen (secondary N) is 1. The Hall–Kier alpha value is -2.90. The van der Waals surface area contributed by atoms with Gasteiger partial charge in [-0.25, -0.2) is 0 Å². The number of benzene rings is 1. The van der Waals surface area contributed by atoms with E-state index in [2.05, 4.69) is 34.8 Å². The molecule has 0 bridgehead atoms. The van der Waals surface area contributed by atoms with Gasteiger partial charge in [0.15, 0.2) is 5.11 Å². The summed E-state index contributed by atoms with van der Waals surface area (Å²) in [5, 5.41) is 4.58. The Balaban J connectivity index is 1.80. The number of hydrogen-bond donors (Lipinski definition) is 1. The van der Waals surface area contributed by atoms with E-state index in [9.17, 15) is 4.79 Å². The van der Waals surface area contributed by atoms with Gasteiger partial charge in [0.2, 0.25) is 0 Å². The molecule has 1 aliphatic heterocycles. The van der Waals surface area contributed by atoms with Crippen molar-refractivity contribution >= 4 is 34.9 Å². The van der Waals surface area contributed by atoms with Crippen LogP contribution in [0.2, 0.25) is 5.02 Å². The first kappa shape index (κ1) is 22.3. The molecular weight excluding hydrogens is 444 g/mol. The van der Waals surface area contributed by atoms with Gasteiger partial charge in [-0.15, -0.1) is 0 Å². The van der Waals surface area contributed by atoms with E-state index in [-0.39, 0.29) is 24.6 Å². The molecule has 0 radical (unpaired) electrons. The maximum atomic E-state index is 12.4. The number of hydrogen-bond acceptors (Lipinski definition) is 4. The van der Waals surface area contributed by atoms with Crippen molar-refractivity contribution in [3.8, 4) is 5.69 Å². The highest BCUT2D eigenvalue weighted by molar-refractivity contribution is 7.80. The second-order valence-corrected chi connectivity index (χ2v) is 8.52. The van der Waals surface area contributed by atoms with Crippen molar-refractivity contribution in [3.05, 3.63) is 82.4 Å². The Bertz CT molecular complexity index is 1130. The lowest BCUT2D eigenvalue weighted by atomic mass is 9.97. The second-order valence-electron chi connectivity index (χ2n) is 7.70. The van der Waals surface area contributed by atoms with E-state index in [4.69, 9.17) is 28.6 Å². The molecule has 1 saturated heterocycles. The van der Waals surface area contributed by atoms with E-state index in [0.29, 0.717) is 16.7 Å². The third kappa shape index (κ3) is 4.23. The summed E-state index contributed by atoms with van der Waals surface area (Å²) in [4.78, 5) is 18.9. The highest BCUT2D eigenvalue weighted by Crippen LogP contribution is 2.41. The van der Waals surface area contributed by atoms with E-state index in [1.54, 1.807) is 13.1 Å². The highest BCUT2D eigenvalue weighted by atomic mass is 35.5. The Morgan fingerprint density at radius 2 is 1.97 bits per heavy atom. The van der Waals surface area contributed by atoms with Gasteiger partial charge >= 0.3 is 5.97 Å². The van der Waals surface area contributed by atoms with E-state index in [1.165, 1.54) is 0 Å². The van der Waals surface area contributed by atoms with Gasteiger partial charge in [-0.3, -0.25) is 9.78 Å². The van der Waals surface area contributed by atoms with Crippen molar-refractivity contribution in [3.63, 3.8) is 0 Å². The Labute approximate surface area is 198 Å². The summed E-state index contributed by atoms with van der Waals surface area (Å²) in [6.45, 7) is 6.34. The highest BCUT2D eigenvalue weighted by Gasteiger charge is 2.42. The molecule has 0 amide bonds. The fraction of sp³-hybridized carbons (Fsp3) is 0.292. The smallest absolute Gasteiger partial charge is 0.325 e. The molecule has 32 heavy (non-hydrogen) atoms. The van der Waals surface area contributed by atoms with Gasteiger partial charge in [-0.1, -0.05) is 17.7 Å². The normalized spacial score (nSPS) is 18.0. The molecule has 1 aromatic carbocycles. The van der Waals surface area contributed by atoms with Crippen molar-refractivity contribution in [1.29, 1.82) is 0 Å². The molecule has 3 heterocycles. The molecule has 8 heteroatoms. The summed E-state index contributed by atoms with van der Waals surface area (Å²) in [5.41, 5.74) is 5.10. The number of esters is 1. The van der Waals surface area contributed by atoms with Gasteiger partial charge in [-0.05, 0) is 81.0 Å². The number of aromatic nitrogens is 2. The molecular formula is C24H25ClN4O2S. The number of thiocarbonyl (C=S) groups is 1. The fourth-order valence-electron chi connectivity index (χ4n) is 4.33. The number of carbonyl (C=O) groups excluding carboxylic acids is 1. The van der Waals surface area contributed by atoms with Gasteiger partial charge in [0, 0.05) is 28.3 Å². The first-order chi connectivity index (χ1) is 15.4. The van der Waals surface area contributed by atoms with Gasteiger partial charge in [0.25, 0.3) is 0 Å². The molecule has 6 nitrogen and oxygen atoms in total. The van der Waals surface area contributed by atoms with Crippen LogP contribution in [-0.4, -0.2) is 38.7 Å². The quantitative estimate of drug-likeness (QED) is 0.418. The molecule has 3 aromatic rings. The molecule has 1 N–H and O–H groups in total. The van der Waals surface area contributed by atoms with Crippen LogP contribution in [0.15, 0.2) is 54.7 Å². The van der Waals surface area contributed by atoms with E-state index < -0.39 is 0 Å². The van der Waals surface area contributed by atoms with Crippen molar-refractivity contribution in [2.75, 3.05) is 13.2 Å². The monoisotopic (exact) mass is 468 g/mol. The lowest BCUT2D eigenvalue weighted by molar-refractivity contribution is -0.143. The molecule has 0 saturated carbocycles. The minimum atomic E-state index is -0.310. The maximum Gasteiger partial charge on any atom is 0.325 e. The van der Waals surface area contributed by atoms with Crippen LogP contribution in [0.4, 0.5) is 0 Å². The zero-order chi connectivity index (χ0) is 22.8. The van der Waals surface area contributed by atoms with Crippen molar-refractivity contribution < 1.29 is 9.53 Å². The molecule has 0 unspecified atom stereocenters. The van der Waals surface area contributed by atoms with Crippen LogP contribution in [0.1, 0.15) is 41.7 Å². The molecule has 1 aliphatic rings. The molecule has 0 spiro atoms. The summed E-state index contributed by atoms with van der Waals surface area (Å²) >= 11 is 11.7. The van der Waals surface area contributed by atoms with E-state index >= 15 is 0 Å². The molecule has 0 aliphatic carbocycles. The van der Waals surface area contributed by atoms with Crippen LogP contribution in [0.5, 0.6) is 0 Å². The summed E-state index contributed by atoms with van der Waals surface area (Å²) < 4.78 is 7.40. The lowest BCUT2D eigenvalue weighted by Crippen LogP contribution is -2.35. The fourth-order valence-corrected chi connectivity index (χ4v) is 4.77. The van der Waals surface area contributed by atoms with Gasteiger partial charge in [-0.2, -0.15) is 0 Å². The zero-order valence-corrected chi connectivity index (χ0v) is 19.8. The molecule has 2 aromatic heterocycles. The first-order valence-corrected chi connectivity index (χ1v) is 11.3. The van der Waals surface area contributed by atoms with Crippen LogP contribution in [0, 0.1) is 13.8 Å². The van der Waals surface area contributed by atoms with Crippen molar-refractivity contribution in [1.82, 2.24) is 19.8 Å². The Morgan fingerprint density at radius 1 is 1.22 bits per heavy atom.